The third kappa shape index (κ3) is 3.78. The number of imidazole rings is 1. The molecule has 7 nitrogen and oxygen atoms in total. The van der Waals surface area contributed by atoms with Gasteiger partial charge in [-0.15, -0.1) is 0 Å². The zero-order valence-electron chi connectivity index (χ0n) is 18.5. The van der Waals surface area contributed by atoms with E-state index in [0.717, 1.165) is 17.8 Å². The van der Waals surface area contributed by atoms with Crippen LogP contribution >= 0.6 is 11.6 Å². The van der Waals surface area contributed by atoms with Gasteiger partial charge in [0.25, 0.3) is 5.56 Å². The van der Waals surface area contributed by atoms with E-state index < -0.39 is 0 Å². The van der Waals surface area contributed by atoms with E-state index in [2.05, 4.69) is 11.8 Å². The summed E-state index contributed by atoms with van der Waals surface area (Å²) in [7, 11) is 1.66. The summed E-state index contributed by atoms with van der Waals surface area (Å²) in [5, 5.41) is 0.658. The molecular weight excluding hydrogens is 438 g/mol. The van der Waals surface area contributed by atoms with Crippen LogP contribution in [0.15, 0.2) is 70.3 Å². The Bertz CT molecular complexity index is 1470. The Morgan fingerprint density at radius 2 is 1.79 bits per heavy atom. The molecule has 0 fully saturated rings. The van der Waals surface area contributed by atoms with Crippen molar-refractivity contribution in [2.24, 2.45) is 13.0 Å². The molecule has 1 atom stereocenters. The Balaban J connectivity index is 1.63. The SMILES string of the molecule is C[C@H]1CN(c2ccc(Cl)cc2)c2nc3c(c(=O)n(C/C=C\c4ccccc4)c(=O)n3C)n2C1. The van der Waals surface area contributed by atoms with Crippen LogP contribution in [-0.2, 0) is 20.1 Å². The van der Waals surface area contributed by atoms with Crippen LogP contribution in [0.25, 0.3) is 17.2 Å². The standard InChI is InChI=1S/C25H24ClN5O2/c1-17-15-30(20-12-10-19(26)11-13-20)24-27-22-21(31(24)16-17)23(32)29(25(33)28(22)2)14-6-9-18-7-4-3-5-8-18/h3-13,17H,14-16H2,1-2H3/b9-6-/t17-/m0/s1. The molecule has 0 spiro atoms. The number of rotatable bonds is 4. The Labute approximate surface area is 195 Å². The van der Waals surface area contributed by atoms with Gasteiger partial charge < -0.3 is 9.47 Å². The predicted molar refractivity (Wildman–Crippen MR) is 132 cm³/mol. The van der Waals surface area contributed by atoms with Crippen LogP contribution in [0.2, 0.25) is 5.02 Å². The summed E-state index contributed by atoms with van der Waals surface area (Å²) in [6.07, 6.45) is 3.74. The Morgan fingerprint density at radius 3 is 2.52 bits per heavy atom. The highest BCUT2D eigenvalue weighted by molar-refractivity contribution is 6.30. The summed E-state index contributed by atoms with van der Waals surface area (Å²) in [6, 6.07) is 17.3. The van der Waals surface area contributed by atoms with E-state index >= 15 is 0 Å². The monoisotopic (exact) mass is 461 g/mol. The fourth-order valence-corrected chi connectivity index (χ4v) is 4.49. The summed E-state index contributed by atoms with van der Waals surface area (Å²) in [6.45, 7) is 3.74. The van der Waals surface area contributed by atoms with Gasteiger partial charge >= 0.3 is 5.69 Å². The molecule has 0 saturated carbocycles. The van der Waals surface area contributed by atoms with E-state index in [4.69, 9.17) is 16.6 Å². The van der Waals surface area contributed by atoms with Gasteiger partial charge in [0.05, 0.1) is 0 Å². The van der Waals surface area contributed by atoms with Crippen molar-refractivity contribution in [1.29, 1.82) is 0 Å². The normalized spacial score (nSPS) is 16.0. The van der Waals surface area contributed by atoms with Crippen molar-refractivity contribution in [1.82, 2.24) is 18.7 Å². The lowest BCUT2D eigenvalue weighted by molar-refractivity contribution is 0.458. The maximum atomic E-state index is 13.5. The molecule has 0 saturated heterocycles. The van der Waals surface area contributed by atoms with Crippen molar-refractivity contribution in [2.45, 2.75) is 20.0 Å². The second-order valence-electron chi connectivity index (χ2n) is 8.46. The molecule has 0 amide bonds. The molecule has 2 aromatic carbocycles. The molecule has 168 valence electrons. The molecule has 0 unspecified atom stereocenters. The van der Waals surface area contributed by atoms with Crippen molar-refractivity contribution in [3.63, 3.8) is 0 Å². The van der Waals surface area contributed by atoms with Gasteiger partial charge in [0.1, 0.15) is 0 Å². The first kappa shape index (κ1) is 21.3. The summed E-state index contributed by atoms with van der Waals surface area (Å²) < 4.78 is 4.67. The molecule has 0 aliphatic carbocycles. The van der Waals surface area contributed by atoms with E-state index in [0.29, 0.717) is 28.7 Å². The summed E-state index contributed by atoms with van der Waals surface area (Å²) in [5.74, 6) is 0.948. The van der Waals surface area contributed by atoms with Crippen molar-refractivity contribution in [3.05, 3.63) is 92.1 Å². The number of aromatic nitrogens is 4. The third-order valence-electron chi connectivity index (χ3n) is 5.98. The lowest BCUT2D eigenvalue weighted by atomic mass is 10.1. The highest BCUT2D eigenvalue weighted by Gasteiger charge is 2.29. The highest BCUT2D eigenvalue weighted by atomic mass is 35.5. The fraction of sp³-hybridized carbons (Fsp3) is 0.240. The zero-order chi connectivity index (χ0) is 23.1. The fourth-order valence-electron chi connectivity index (χ4n) is 4.36. The van der Waals surface area contributed by atoms with Gasteiger partial charge in [-0.1, -0.05) is 61.0 Å². The highest BCUT2D eigenvalue weighted by Crippen LogP contribution is 2.33. The van der Waals surface area contributed by atoms with Gasteiger partial charge in [-0.25, -0.2) is 4.79 Å². The second-order valence-corrected chi connectivity index (χ2v) is 8.89. The molecule has 1 aliphatic rings. The topological polar surface area (TPSA) is 65.1 Å². The summed E-state index contributed by atoms with van der Waals surface area (Å²) in [5.41, 5.74) is 2.10. The molecule has 0 radical (unpaired) electrons. The third-order valence-corrected chi connectivity index (χ3v) is 6.23. The van der Waals surface area contributed by atoms with Crippen LogP contribution in [-0.4, -0.2) is 25.2 Å². The van der Waals surface area contributed by atoms with E-state index in [1.807, 2.05) is 71.3 Å². The molecule has 8 heteroatoms. The largest absolute Gasteiger partial charge is 0.332 e. The van der Waals surface area contributed by atoms with Gasteiger partial charge in [0.15, 0.2) is 11.2 Å². The molecule has 33 heavy (non-hydrogen) atoms. The first-order valence-electron chi connectivity index (χ1n) is 10.9. The summed E-state index contributed by atoms with van der Waals surface area (Å²) in [4.78, 5) is 33.3. The van der Waals surface area contributed by atoms with Gasteiger partial charge in [-0.2, -0.15) is 4.98 Å². The van der Waals surface area contributed by atoms with Gasteiger partial charge in [-0.3, -0.25) is 13.9 Å². The molecule has 4 aromatic rings. The number of benzene rings is 2. The van der Waals surface area contributed by atoms with E-state index in [-0.39, 0.29) is 23.7 Å². The Hall–Kier alpha value is -3.58. The smallest absolute Gasteiger partial charge is 0.312 e. The number of hydrogen-bond donors (Lipinski definition) is 0. The van der Waals surface area contributed by atoms with Crippen molar-refractivity contribution >= 4 is 40.5 Å². The number of anilines is 2. The van der Waals surface area contributed by atoms with Crippen LogP contribution in [0, 0.1) is 5.92 Å². The van der Waals surface area contributed by atoms with Crippen LogP contribution in [0.3, 0.4) is 0 Å². The first-order chi connectivity index (χ1) is 15.9. The minimum Gasteiger partial charge on any atom is -0.312 e. The van der Waals surface area contributed by atoms with Crippen molar-refractivity contribution < 1.29 is 0 Å². The van der Waals surface area contributed by atoms with E-state index in [1.165, 1.54) is 9.13 Å². The lowest BCUT2D eigenvalue weighted by Crippen LogP contribution is -2.40. The second kappa shape index (κ2) is 8.41. The maximum absolute atomic E-state index is 13.5. The number of hydrogen-bond acceptors (Lipinski definition) is 4. The number of halogens is 1. The number of aryl methyl sites for hydroxylation is 1. The van der Waals surface area contributed by atoms with Crippen molar-refractivity contribution in [2.75, 3.05) is 11.4 Å². The van der Waals surface area contributed by atoms with E-state index in [1.54, 1.807) is 7.05 Å². The molecule has 2 aromatic heterocycles. The first-order valence-corrected chi connectivity index (χ1v) is 11.3. The molecule has 0 N–H and O–H groups in total. The van der Waals surface area contributed by atoms with Crippen LogP contribution < -0.4 is 16.1 Å². The van der Waals surface area contributed by atoms with Gasteiger partial charge in [0, 0.05) is 37.4 Å². The summed E-state index contributed by atoms with van der Waals surface area (Å²) >= 11 is 6.07. The number of fused-ring (bicyclic) bond motifs is 3. The van der Waals surface area contributed by atoms with Crippen LogP contribution in [0.4, 0.5) is 11.6 Å². The van der Waals surface area contributed by atoms with Crippen molar-refractivity contribution in [3.8, 4) is 0 Å². The van der Waals surface area contributed by atoms with Crippen LogP contribution in [0.1, 0.15) is 12.5 Å². The molecule has 3 heterocycles. The number of nitrogens with zero attached hydrogens (tertiary/aromatic N) is 5. The quantitative estimate of drug-likeness (QED) is 0.460. The van der Waals surface area contributed by atoms with E-state index in [9.17, 15) is 9.59 Å². The zero-order valence-corrected chi connectivity index (χ0v) is 19.2. The molecular formula is C25H24ClN5O2. The number of allylic oxidation sites excluding steroid dienone is 1. The molecule has 5 rings (SSSR count). The minimum absolute atomic E-state index is 0.188. The average molecular weight is 462 g/mol. The maximum Gasteiger partial charge on any atom is 0.332 e. The molecule has 0 bridgehead atoms. The average Bonchev–Trinajstić information content (AvgIpc) is 3.20. The van der Waals surface area contributed by atoms with Crippen LogP contribution in [0.5, 0.6) is 0 Å². The Morgan fingerprint density at radius 1 is 1.06 bits per heavy atom. The minimum atomic E-state index is -0.383. The Kier molecular flexibility index (Phi) is 5.42. The van der Waals surface area contributed by atoms with Gasteiger partial charge in [-0.05, 0) is 35.7 Å². The molecule has 1 aliphatic heterocycles. The predicted octanol–water partition coefficient (Wildman–Crippen LogP) is 4.05. The lowest BCUT2D eigenvalue weighted by Gasteiger charge is -2.33. The van der Waals surface area contributed by atoms with Gasteiger partial charge in [0.2, 0.25) is 5.95 Å².